The molecule has 0 N–H and O–H groups in total. The van der Waals surface area contributed by atoms with Crippen LogP contribution in [-0.4, -0.2) is 19.1 Å². The lowest BCUT2D eigenvalue weighted by atomic mass is 10.0. The Bertz CT molecular complexity index is 3570. The van der Waals surface area contributed by atoms with Crippen LogP contribution in [0.5, 0.6) is 0 Å². The van der Waals surface area contributed by atoms with Crippen molar-refractivity contribution in [1.29, 1.82) is 0 Å². The Morgan fingerprint density at radius 2 is 1.08 bits per heavy atom. The van der Waals surface area contributed by atoms with E-state index < -0.39 is 24.2 Å². The first-order chi connectivity index (χ1) is 27.7. The van der Waals surface area contributed by atoms with Crippen molar-refractivity contribution >= 4 is 76.1 Å². The summed E-state index contributed by atoms with van der Waals surface area (Å²) in [7, 11) is 0. The Morgan fingerprint density at radius 1 is 0.440 bits per heavy atom. The number of hydrogen-bond acceptors (Lipinski definition) is 2. The number of rotatable bonds is 3. The van der Waals surface area contributed by atoms with E-state index in [1.54, 1.807) is 4.57 Å². The molecule has 0 unspecified atom stereocenters. The molecular weight excluding hydrogens is 609 g/mol. The summed E-state index contributed by atoms with van der Waals surface area (Å²) in [6.07, 6.45) is 0. The zero-order chi connectivity index (χ0) is 38.9. The number of aromatic nitrogens is 4. The molecule has 4 heteroatoms. The summed E-state index contributed by atoms with van der Waals surface area (Å²) in [5.41, 5.74) is 5.58. The maximum Gasteiger partial charge on any atom is 0.235 e. The molecule has 0 bridgehead atoms. The van der Waals surface area contributed by atoms with Gasteiger partial charge in [-0.1, -0.05) is 121 Å². The number of nitrogens with zero attached hydrogens (tertiary/aromatic N) is 4. The van der Waals surface area contributed by atoms with Crippen molar-refractivity contribution in [3.63, 3.8) is 0 Å². The van der Waals surface area contributed by atoms with Gasteiger partial charge in [0.15, 0.2) is 0 Å². The van der Waals surface area contributed by atoms with Crippen molar-refractivity contribution in [2.24, 2.45) is 0 Å². The van der Waals surface area contributed by atoms with Gasteiger partial charge in [-0.05, 0) is 70.0 Å². The molecule has 8 aromatic carbocycles. The Morgan fingerprint density at radius 3 is 1.92 bits per heavy atom. The van der Waals surface area contributed by atoms with Crippen LogP contribution in [0.2, 0.25) is 0 Å². The van der Waals surface area contributed by atoms with Gasteiger partial charge in [0.05, 0.1) is 42.9 Å². The monoisotopic (exact) mass is 643 g/mol. The summed E-state index contributed by atoms with van der Waals surface area (Å²) < 4.78 is 65.5. The van der Waals surface area contributed by atoms with E-state index in [1.165, 1.54) is 0 Å². The number of fused-ring (bicyclic) bond motifs is 9. The highest BCUT2D eigenvalue weighted by molar-refractivity contribution is 6.14. The molecule has 0 atom stereocenters. The van der Waals surface area contributed by atoms with Gasteiger partial charge in [0.2, 0.25) is 5.95 Å². The lowest BCUT2D eigenvalue weighted by molar-refractivity contribution is 1.01. The molecule has 0 fully saturated rings. The van der Waals surface area contributed by atoms with Gasteiger partial charge in [-0.15, -0.1) is 0 Å². The summed E-state index contributed by atoms with van der Waals surface area (Å²) in [5.74, 6) is 0.509. The van der Waals surface area contributed by atoms with Gasteiger partial charge in [-0.25, -0.2) is 9.97 Å². The van der Waals surface area contributed by atoms with E-state index in [0.29, 0.717) is 22.7 Å². The fourth-order valence-corrected chi connectivity index (χ4v) is 7.50. The molecule has 0 aliphatic carbocycles. The van der Waals surface area contributed by atoms with E-state index >= 15 is 0 Å². The van der Waals surface area contributed by atoms with Gasteiger partial charge in [0, 0.05) is 38.2 Å². The van der Waals surface area contributed by atoms with E-state index in [4.69, 9.17) is 16.8 Å². The lowest BCUT2D eigenvalue weighted by Crippen LogP contribution is -2.03. The van der Waals surface area contributed by atoms with Crippen LogP contribution in [0.25, 0.3) is 99.0 Å². The first-order valence-corrected chi connectivity index (χ1v) is 16.4. The largest absolute Gasteiger partial charge is 0.309 e. The summed E-state index contributed by atoms with van der Waals surface area (Å²) in [6, 6.07) is 39.8. The molecule has 3 aromatic heterocycles. The topological polar surface area (TPSA) is 35.6 Å². The minimum atomic E-state index is -0.500. The van der Waals surface area contributed by atoms with Gasteiger partial charge in [0.1, 0.15) is 0 Å². The predicted octanol–water partition coefficient (Wildman–Crippen LogP) is 11.8. The lowest BCUT2D eigenvalue weighted by Gasteiger charge is -2.13. The van der Waals surface area contributed by atoms with E-state index in [9.17, 15) is 2.74 Å². The Hall–Kier alpha value is -6.78. The number of para-hydroxylation sites is 3. The maximum atomic E-state index is 9.43. The maximum absolute atomic E-state index is 9.43. The van der Waals surface area contributed by atoms with Crippen molar-refractivity contribution in [2.45, 2.75) is 0 Å². The molecule has 11 rings (SSSR count). The Labute approximate surface area is 296 Å². The highest BCUT2D eigenvalue weighted by atomic mass is 15.2. The third-order valence-electron chi connectivity index (χ3n) is 9.74. The fraction of sp³-hybridized carbons (Fsp3) is 0. The third-order valence-corrected chi connectivity index (χ3v) is 9.74. The SMILES string of the molecule is [2H]c1c([2H])c([2H])c2c([2H])c(-n3c4ccccc4c4ccc(-c5nc(-n6c7ccccc7c7cc8ccccc8cc76)nc6ccccc56)cc43)c([2H])c([2H])c2c1[2H]. The van der Waals surface area contributed by atoms with Crippen LogP contribution in [0.3, 0.4) is 0 Å². The van der Waals surface area contributed by atoms with Crippen LogP contribution in [-0.2, 0) is 0 Å². The molecule has 0 aliphatic rings. The highest BCUT2D eigenvalue weighted by Crippen LogP contribution is 2.38. The van der Waals surface area contributed by atoms with Crippen molar-refractivity contribution in [3.8, 4) is 22.9 Å². The third kappa shape index (κ3) is 3.93. The van der Waals surface area contributed by atoms with Crippen LogP contribution in [0.15, 0.2) is 170 Å². The molecule has 3 heterocycles. The average molecular weight is 644 g/mol. The van der Waals surface area contributed by atoms with Gasteiger partial charge >= 0.3 is 0 Å². The van der Waals surface area contributed by atoms with Gasteiger partial charge in [0.25, 0.3) is 0 Å². The summed E-state index contributed by atoms with van der Waals surface area (Å²) in [5, 5.41) is 6.76. The van der Waals surface area contributed by atoms with E-state index in [2.05, 4.69) is 41.0 Å². The normalized spacial score (nSPS) is 14.0. The molecule has 0 radical (unpaired) electrons. The first kappa shape index (κ1) is 21.2. The van der Waals surface area contributed by atoms with Crippen LogP contribution >= 0.6 is 0 Å². The zero-order valence-electron chi connectivity index (χ0n) is 33.4. The van der Waals surface area contributed by atoms with E-state index in [1.807, 2.05) is 91.0 Å². The molecule has 0 aliphatic heterocycles. The predicted molar refractivity (Wildman–Crippen MR) is 209 cm³/mol. The molecule has 0 spiro atoms. The van der Waals surface area contributed by atoms with Gasteiger partial charge in [-0.3, -0.25) is 4.57 Å². The Balaban J connectivity index is 1.22. The second-order valence-electron chi connectivity index (χ2n) is 12.5. The van der Waals surface area contributed by atoms with Crippen LogP contribution in [0.1, 0.15) is 9.60 Å². The molecule has 0 saturated heterocycles. The standard InChI is InChI=1S/C46H28N4/c1-2-12-30-25-34(23-21-29(30)11-1)49-41-19-9-6-15-35(41)37-24-22-33(28-43(37)49)45-38-17-5-8-18-40(38)47-46(48-45)50-42-20-10-7-16-36(42)39-26-31-13-3-4-14-32(31)27-44(39)50/h1-28H/i1D,2D,11D,12D,21D,23D,25D. The highest BCUT2D eigenvalue weighted by Gasteiger charge is 2.19. The molecule has 4 nitrogen and oxygen atoms in total. The van der Waals surface area contributed by atoms with Crippen molar-refractivity contribution in [1.82, 2.24) is 19.1 Å². The van der Waals surface area contributed by atoms with Crippen LogP contribution in [0.4, 0.5) is 0 Å². The van der Waals surface area contributed by atoms with Crippen molar-refractivity contribution < 1.29 is 9.60 Å². The summed E-state index contributed by atoms with van der Waals surface area (Å²) >= 11 is 0. The molecule has 50 heavy (non-hydrogen) atoms. The molecule has 0 saturated carbocycles. The van der Waals surface area contributed by atoms with Gasteiger partial charge < -0.3 is 4.57 Å². The van der Waals surface area contributed by atoms with Crippen LogP contribution < -0.4 is 0 Å². The van der Waals surface area contributed by atoms with Crippen LogP contribution in [0, 0.1) is 0 Å². The minimum Gasteiger partial charge on any atom is -0.309 e. The molecule has 232 valence electrons. The fourth-order valence-electron chi connectivity index (χ4n) is 7.50. The molecular formula is C46H28N4. The molecule has 0 amide bonds. The molecule has 11 aromatic rings. The average Bonchev–Trinajstić information content (AvgIpc) is 3.74. The summed E-state index contributed by atoms with van der Waals surface area (Å²) in [6.45, 7) is 0. The second-order valence-corrected chi connectivity index (χ2v) is 12.5. The van der Waals surface area contributed by atoms with Crippen molar-refractivity contribution in [2.75, 3.05) is 0 Å². The summed E-state index contributed by atoms with van der Waals surface area (Å²) in [4.78, 5) is 10.5. The van der Waals surface area contributed by atoms with E-state index in [-0.39, 0.29) is 34.6 Å². The number of hydrogen-bond donors (Lipinski definition) is 0. The Kier molecular flexibility index (Phi) is 4.40. The smallest absolute Gasteiger partial charge is 0.235 e. The number of benzene rings is 8. The van der Waals surface area contributed by atoms with E-state index in [0.717, 1.165) is 59.8 Å². The quantitative estimate of drug-likeness (QED) is 0.192. The second kappa shape index (κ2) is 10.4. The first-order valence-electron chi connectivity index (χ1n) is 19.9. The minimum absolute atomic E-state index is 0.0617. The van der Waals surface area contributed by atoms with Crippen molar-refractivity contribution in [3.05, 3.63) is 170 Å². The zero-order valence-corrected chi connectivity index (χ0v) is 26.4. The van der Waals surface area contributed by atoms with Gasteiger partial charge in [-0.2, -0.15) is 0 Å².